The molecule has 1 aromatic heterocycles. The summed E-state index contributed by atoms with van der Waals surface area (Å²) < 4.78 is 0. The molecule has 92 valence electrons. The van der Waals surface area contributed by atoms with E-state index in [1.54, 1.807) is 0 Å². The largest absolute Gasteiger partial charge is 0.393 e. The van der Waals surface area contributed by atoms with Crippen LogP contribution in [0.2, 0.25) is 0 Å². The first kappa shape index (κ1) is 12.0. The minimum atomic E-state index is -0.286. The van der Waals surface area contributed by atoms with Crippen LogP contribution in [-0.2, 0) is 0 Å². The Morgan fingerprint density at radius 2 is 2.24 bits per heavy atom. The molecular weight excluding hydrogens is 218 g/mol. The quantitative estimate of drug-likeness (QED) is 0.811. The highest BCUT2D eigenvalue weighted by Gasteiger charge is 2.23. The van der Waals surface area contributed by atoms with Gasteiger partial charge in [0.1, 0.15) is 5.69 Å². The molecule has 2 N–H and O–H groups in total. The predicted molar refractivity (Wildman–Crippen MR) is 62.3 cm³/mol. The highest BCUT2D eigenvalue weighted by atomic mass is 16.3. The molecule has 0 aromatic carbocycles. The Kier molecular flexibility index (Phi) is 4.03. The van der Waals surface area contributed by atoms with E-state index in [4.69, 9.17) is 0 Å². The Bertz CT molecular complexity index is 369. The van der Waals surface area contributed by atoms with Crippen LogP contribution in [0, 0.1) is 5.92 Å². The van der Waals surface area contributed by atoms with E-state index in [1.807, 2.05) is 0 Å². The molecule has 0 bridgehead atoms. The van der Waals surface area contributed by atoms with E-state index in [0.717, 1.165) is 25.7 Å². The minimum Gasteiger partial charge on any atom is -0.393 e. The maximum absolute atomic E-state index is 11.7. The minimum absolute atomic E-state index is 0.171. The van der Waals surface area contributed by atoms with Crippen LogP contribution in [0.4, 0.5) is 0 Å². The van der Waals surface area contributed by atoms with Crippen molar-refractivity contribution in [3.63, 3.8) is 0 Å². The number of nitrogens with one attached hydrogen (secondary N) is 1. The fourth-order valence-corrected chi connectivity index (χ4v) is 2.16. The third-order valence-corrected chi connectivity index (χ3v) is 3.19. The van der Waals surface area contributed by atoms with Gasteiger partial charge in [0.05, 0.1) is 12.3 Å². The average Bonchev–Trinajstić information content (AvgIpc) is 2.38. The lowest BCUT2D eigenvalue weighted by Gasteiger charge is -2.27. The first-order valence-corrected chi connectivity index (χ1v) is 5.99. The predicted octanol–water partition coefficient (Wildman–Crippen LogP) is 0.757. The maximum atomic E-state index is 11.7. The third kappa shape index (κ3) is 3.23. The molecule has 0 saturated heterocycles. The second-order valence-corrected chi connectivity index (χ2v) is 4.41. The van der Waals surface area contributed by atoms with Crippen LogP contribution in [0.3, 0.4) is 0 Å². The highest BCUT2D eigenvalue weighted by molar-refractivity contribution is 5.91. The summed E-state index contributed by atoms with van der Waals surface area (Å²) in [4.78, 5) is 19.5. The number of carbonyl (C=O) groups is 1. The summed E-state index contributed by atoms with van der Waals surface area (Å²) in [5, 5.41) is 12.6. The lowest BCUT2D eigenvalue weighted by atomic mass is 9.86. The Balaban J connectivity index is 1.84. The van der Waals surface area contributed by atoms with Crippen molar-refractivity contribution in [2.24, 2.45) is 5.92 Å². The van der Waals surface area contributed by atoms with E-state index in [2.05, 4.69) is 15.3 Å². The summed E-state index contributed by atoms with van der Waals surface area (Å²) in [5.41, 5.74) is 0.317. The van der Waals surface area contributed by atoms with Crippen LogP contribution in [-0.4, -0.2) is 33.6 Å². The molecule has 1 amide bonds. The fourth-order valence-electron chi connectivity index (χ4n) is 2.16. The number of nitrogens with zero attached hydrogens (tertiary/aromatic N) is 2. The molecule has 1 aromatic rings. The molecule has 2 atom stereocenters. The number of aromatic nitrogens is 2. The summed E-state index contributed by atoms with van der Waals surface area (Å²) in [7, 11) is 0. The van der Waals surface area contributed by atoms with Gasteiger partial charge in [-0.05, 0) is 12.8 Å². The van der Waals surface area contributed by atoms with Crippen molar-refractivity contribution in [1.29, 1.82) is 0 Å². The smallest absolute Gasteiger partial charge is 0.271 e. The number of hydrogen-bond donors (Lipinski definition) is 2. The maximum Gasteiger partial charge on any atom is 0.271 e. The zero-order chi connectivity index (χ0) is 12.1. The molecule has 0 radical (unpaired) electrons. The standard InChI is InChI=1S/C12H17N3O2/c16-11-4-2-1-3-9(11)7-15-12(17)10-8-13-5-6-14-10/h5-6,8-9,11,16H,1-4,7H2,(H,15,17). The van der Waals surface area contributed by atoms with Gasteiger partial charge in [-0.1, -0.05) is 12.8 Å². The second-order valence-electron chi connectivity index (χ2n) is 4.41. The van der Waals surface area contributed by atoms with Gasteiger partial charge in [-0.15, -0.1) is 0 Å². The lowest BCUT2D eigenvalue weighted by molar-refractivity contribution is 0.0661. The van der Waals surface area contributed by atoms with Crippen molar-refractivity contribution in [3.8, 4) is 0 Å². The van der Waals surface area contributed by atoms with Crippen molar-refractivity contribution in [3.05, 3.63) is 24.3 Å². The van der Waals surface area contributed by atoms with Gasteiger partial charge in [0.25, 0.3) is 5.91 Å². The van der Waals surface area contributed by atoms with E-state index in [9.17, 15) is 9.90 Å². The Morgan fingerprint density at radius 1 is 1.41 bits per heavy atom. The molecule has 1 fully saturated rings. The molecule has 1 heterocycles. The summed E-state index contributed by atoms with van der Waals surface area (Å²) >= 11 is 0. The number of rotatable bonds is 3. The zero-order valence-corrected chi connectivity index (χ0v) is 9.67. The Morgan fingerprint density at radius 3 is 2.94 bits per heavy atom. The fraction of sp³-hybridized carbons (Fsp3) is 0.583. The SMILES string of the molecule is O=C(NCC1CCCCC1O)c1cnccn1. The summed E-state index contributed by atoms with van der Waals surface area (Å²) in [5.74, 6) is -0.0553. The molecule has 5 heteroatoms. The molecular formula is C12H17N3O2. The number of aliphatic hydroxyl groups excluding tert-OH is 1. The van der Waals surface area contributed by atoms with Gasteiger partial charge in [0, 0.05) is 24.9 Å². The highest BCUT2D eigenvalue weighted by Crippen LogP contribution is 2.23. The van der Waals surface area contributed by atoms with Gasteiger partial charge in [0.15, 0.2) is 0 Å². The van der Waals surface area contributed by atoms with E-state index < -0.39 is 0 Å². The van der Waals surface area contributed by atoms with Crippen LogP contribution in [0.15, 0.2) is 18.6 Å². The number of hydrogen-bond acceptors (Lipinski definition) is 4. The number of amides is 1. The van der Waals surface area contributed by atoms with Crippen molar-refractivity contribution >= 4 is 5.91 Å². The van der Waals surface area contributed by atoms with Gasteiger partial charge in [-0.25, -0.2) is 4.98 Å². The normalized spacial score (nSPS) is 24.3. The van der Waals surface area contributed by atoms with E-state index >= 15 is 0 Å². The van der Waals surface area contributed by atoms with Gasteiger partial charge in [-0.3, -0.25) is 9.78 Å². The lowest BCUT2D eigenvalue weighted by Crippen LogP contribution is -2.36. The molecule has 1 aliphatic carbocycles. The number of carbonyl (C=O) groups excluding carboxylic acids is 1. The first-order chi connectivity index (χ1) is 8.27. The Labute approximate surface area is 100 Å². The van der Waals surface area contributed by atoms with Gasteiger partial charge >= 0.3 is 0 Å². The molecule has 2 rings (SSSR count). The molecule has 2 unspecified atom stereocenters. The van der Waals surface area contributed by atoms with Gasteiger partial charge in [0.2, 0.25) is 0 Å². The van der Waals surface area contributed by atoms with Crippen molar-refractivity contribution in [1.82, 2.24) is 15.3 Å². The average molecular weight is 235 g/mol. The first-order valence-electron chi connectivity index (χ1n) is 5.99. The summed E-state index contributed by atoms with van der Waals surface area (Å²) in [6, 6.07) is 0. The third-order valence-electron chi connectivity index (χ3n) is 3.19. The van der Waals surface area contributed by atoms with Gasteiger partial charge in [-0.2, -0.15) is 0 Å². The van der Waals surface area contributed by atoms with Crippen molar-refractivity contribution in [2.45, 2.75) is 31.8 Å². The van der Waals surface area contributed by atoms with Crippen molar-refractivity contribution in [2.75, 3.05) is 6.54 Å². The van der Waals surface area contributed by atoms with Crippen LogP contribution >= 0.6 is 0 Å². The zero-order valence-electron chi connectivity index (χ0n) is 9.67. The van der Waals surface area contributed by atoms with Crippen LogP contribution in [0.5, 0.6) is 0 Å². The van der Waals surface area contributed by atoms with Crippen LogP contribution in [0.25, 0.3) is 0 Å². The molecule has 0 aliphatic heterocycles. The van der Waals surface area contributed by atoms with Crippen LogP contribution in [0.1, 0.15) is 36.2 Å². The summed E-state index contributed by atoms with van der Waals surface area (Å²) in [6.45, 7) is 0.510. The van der Waals surface area contributed by atoms with Crippen LogP contribution < -0.4 is 5.32 Å². The monoisotopic (exact) mass is 235 g/mol. The summed E-state index contributed by atoms with van der Waals surface area (Å²) in [6.07, 6.45) is 8.19. The van der Waals surface area contributed by atoms with E-state index in [0.29, 0.717) is 12.2 Å². The second kappa shape index (κ2) is 5.72. The molecule has 1 saturated carbocycles. The van der Waals surface area contributed by atoms with E-state index in [1.165, 1.54) is 18.6 Å². The van der Waals surface area contributed by atoms with Gasteiger partial charge < -0.3 is 10.4 Å². The molecule has 5 nitrogen and oxygen atoms in total. The van der Waals surface area contributed by atoms with Crippen molar-refractivity contribution < 1.29 is 9.90 Å². The Hall–Kier alpha value is -1.49. The molecule has 0 spiro atoms. The van der Waals surface area contributed by atoms with E-state index in [-0.39, 0.29) is 17.9 Å². The number of aliphatic hydroxyl groups is 1. The molecule has 17 heavy (non-hydrogen) atoms. The topological polar surface area (TPSA) is 75.1 Å². The molecule has 1 aliphatic rings.